The van der Waals surface area contributed by atoms with Crippen LogP contribution in [-0.4, -0.2) is 41.9 Å². The predicted molar refractivity (Wildman–Crippen MR) is 109 cm³/mol. The molecule has 2 aromatic carbocycles. The fourth-order valence-corrected chi connectivity index (χ4v) is 3.80. The van der Waals surface area contributed by atoms with Crippen LogP contribution in [0.2, 0.25) is 0 Å². The molecular formula is C23H24N2O3. The first-order chi connectivity index (χ1) is 13.6. The van der Waals surface area contributed by atoms with Crippen LogP contribution in [0.25, 0.3) is 11.0 Å². The lowest BCUT2D eigenvalue weighted by atomic mass is 10.0. The smallest absolute Gasteiger partial charge is 0.290 e. The molecule has 0 saturated carbocycles. The second kappa shape index (κ2) is 7.98. The summed E-state index contributed by atoms with van der Waals surface area (Å²) in [5.74, 6) is -0.111. The first kappa shape index (κ1) is 18.4. The van der Waals surface area contributed by atoms with Crippen LogP contribution in [0, 0.1) is 0 Å². The van der Waals surface area contributed by atoms with Gasteiger partial charge in [-0.3, -0.25) is 9.59 Å². The van der Waals surface area contributed by atoms with Crippen molar-refractivity contribution in [3.63, 3.8) is 0 Å². The van der Waals surface area contributed by atoms with E-state index >= 15 is 0 Å². The minimum absolute atomic E-state index is 0.110. The van der Waals surface area contributed by atoms with Crippen LogP contribution in [0.4, 0.5) is 0 Å². The fourth-order valence-electron chi connectivity index (χ4n) is 3.80. The highest BCUT2D eigenvalue weighted by Gasteiger charge is 2.29. The third kappa shape index (κ3) is 3.85. The number of likely N-dealkylation sites (tertiary alicyclic amines) is 1. The Morgan fingerprint density at radius 1 is 1.07 bits per heavy atom. The average molecular weight is 376 g/mol. The fraction of sp³-hybridized carbons (Fsp3) is 0.304. The molecule has 1 fully saturated rings. The van der Waals surface area contributed by atoms with Gasteiger partial charge in [-0.05, 0) is 50.7 Å². The van der Waals surface area contributed by atoms with Crippen LogP contribution < -0.4 is 5.43 Å². The second-order valence-corrected chi connectivity index (χ2v) is 7.42. The molecule has 5 nitrogen and oxygen atoms in total. The number of piperidine rings is 1. The average Bonchev–Trinajstić information content (AvgIpc) is 2.73. The molecular weight excluding hydrogens is 352 g/mol. The molecule has 0 bridgehead atoms. The number of carbonyl (C=O) groups is 1. The summed E-state index contributed by atoms with van der Waals surface area (Å²) in [6, 6.07) is 18.5. The summed E-state index contributed by atoms with van der Waals surface area (Å²) in [7, 11) is 2.10. The summed E-state index contributed by atoms with van der Waals surface area (Å²) in [5, 5.41) is 0.493. The molecule has 3 aromatic rings. The van der Waals surface area contributed by atoms with Gasteiger partial charge < -0.3 is 14.2 Å². The van der Waals surface area contributed by atoms with Crippen molar-refractivity contribution in [2.45, 2.75) is 25.4 Å². The predicted octanol–water partition coefficient (Wildman–Crippen LogP) is 3.53. The van der Waals surface area contributed by atoms with E-state index in [9.17, 15) is 9.59 Å². The number of carbonyl (C=O) groups excluding carboxylic acids is 1. The van der Waals surface area contributed by atoms with Crippen LogP contribution in [0.1, 0.15) is 29.0 Å². The lowest BCUT2D eigenvalue weighted by Crippen LogP contribution is -2.46. The largest absolute Gasteiger partial charge is 0.451 e. The molecule has 0 atom stereocenters. The molecule has 2 heterocycles. The van der Waals surface area contributed by atoms with Crippen LogP contribution in [0.15, 0.2) is 69.9 Å². The molecule has 0 N–H and O–H groups in total. The number of benzene rings is 2. The van der Waals surface area contributed by atoms with Crippen molar-refractivity contribution >= 4 is 16.9 Å². The molecule has 144 valence electrons. The van der Waals surface area contributed by atoms with Gasteiger partial charge in [0.25, 0.3) is 5.91 Å². The highest BCUT2D eigenvalue weighted by Crippen LogP contribution is 2.22. The summed E-state index contributed by atoms with van der Waals surface area (Å²) in [6.07, 6.45) is 1.82. The summed E-state index contributed by atoms with van der Waals surface area (Å²) < 4.78 is 5.83. The Balaban J connectivity index is 1.69. The molecule has 28 heavy (non-hydrogen) atoms. The highest BCUT2D eigenvalue weighted by molar-refractivity contribution is 5.93. The Morgan fingerprint density at radius 2 is 1.75 bits per heavy atom. The maximum Gasteiger partial charge on any atom is 0.290 e. The SMILES string of the molecule is CN1CCC(N(Cc2ccccc2)C(=O)c2cc(=O)c3ccccc3o2)CC1. The molecule has 1 aliphatic heterocycles. The maximum absolute atomic E-state index is 13.4. The lowest BCUT2D eigenvalue weighted by Gasteiger charge is -2.37. The van der Waals surface area contributed by atoms with E-state index < -0.39 is 0 Å². The molecule has 0 radical (unpaired) electrons. The number of para-hydroxylation sites is 1. The van der Waals surface area contributed by atoms with Gasteiger partial charge in [-0.1, -0.05) is 42.5 Å². The molecule has 5 heteroatoms. The van der Waals surface area contributed by atoms with Crippen LogP contribution >= 0.6 is 0 Å². The number of rotatable bonds is 4. The van der Waals surface area contributed by atoms with Gasteiger partial charge in [0.05, 0.1) is 5.39 Å². The topological polar surface area (TPSA) is 53.8 Å². The second-order valence-electron chi connectivity index (χ2n) is 7.42. The van der Waals surface area contributed by atoms with Crippen LogP contribution in [-0.2, 0) is 6.54 Å². The van der Waals surface area contributed by atoms with E-state index in [4.69, 9.17) is 4.42 Å². The van der Waals surface area contributed by atoms with Crippen molar-refractivity contribution in [3.05, 3.63) is 82.2 Å². The van der Waals surface area contributed by atoms with Crippen molar-refractivity contribution < 1.29 is 9.21 Å². The summed E-state index contributed by atoms with van der Waals surface area (Å²) in [6.45, 7) is 2.40. The van der Waals surface area contributed by atoms with Crippen molar-refractivity contribution in [1.82, 2.24) is 9.80 Å². The van der Waals surface area contributed by atoms with Crippen LogP contribution in [0.3, 0.4) is 0 Å². The van der Waals surface area contributed by atoms with E-state index in [1.807, 2.05) is 35.2 Å². The molecule has 0 spiro atoms. The van der Waals surface area contributed by atoms with Crippen molar-refractivity contribution in [2.24, 2.45) is 0 Å². The first-order valence-corrected chi connectivity index (χ1v) is 9.68. The van der Waals surface area contributed by atoms with E-state index in [1.54, 1.807) is 24.3 Å². The molecule has 4 rings (SSSR count). The number of fused-ring (bicyclic) bond motifs is 1. The van der Waals surface area contributed by atoms with Crippen molar-refractivity contribution in [1.29, 1.82) is 0 Å². The Bertz CT molecular complexity index is 1020. The minimum atomic E-state index is -0.221. The minimum Gasteiger partial charge on any atom is -0.451 e. The quantitative estimate of drug-likeness (QED) is 0.699. The van der Waals surface area contributed by atoms with Gasteiger partial charge in [-0.2, -0.15) is 0 Å². The van der Waals surface area contributed by atoms with Gasteiger partial charge in [-0.25, -0.2) is 0 Å². The molecule has 1 aromatic heterocycles. The zero-order valence-electron chi connectivity index (χ0n) is 16.0. The summed E-state index contributed by atoms with van der Waals surface area (Å²) in [5.41, 5.74) is 1.33. The number of hydrogen-bond acceptors (Lipinski definition) is 4. The standard InChI is InChI=1S/C23H24N2O3/c1-24-13-11-18(12-14-24)25(16-17-7-3-2-4-8-17)23(27)22-15-20(26)19-9-5-6-10-21(19)28-22/h2-10,15,18H,11-14,16H2,1H3. The molecule has 1 aliphatic rings. The molecule has 1 saturated heterocycles. The van der Waals surface area contributed by atoms with Gasteiger partial charge >= 0.3 is 0 Å². The molecule has 0 aliphatic carbocycles. The van der Waals surface area contributed by atoms with Crippen molar-refractivity contribution in [2.75, 3.05) is 20.1 Å². The highest BCUT2D eigenvalue weighted by atomic mass is 16.3. The lowest BCUT2D eigenvalue weighted by molar-refractivity contribution is 0.0539. The Morgan fingerprint density at radius 3 is 2.50 bits per heavy atom. The van der Waals surface area contributed by atoms with E-state index in [-0.39, 0.29) is 23.1 Å². The maximum atomic E-state index is 13.4. The zero-order valence-corrected chi connectivity index (χ0v) is 16.0. The van der Waals surface area contributed by atoms with E-state index in [2.05, 4.69) is 11.9 Å². The van der Waals surface area contributed by atoms with Gasteiger partial charge in [0, 0.05) is 18.7 Å². The third-order valence-electron chi connectivity index (χ3n) is 5.43. The van der Waals surface area contributed by atoms with Gasteiger partial charge in [0.2, 0.25) is 0 Å². The van der Waals surface area contributed by atoms with Gasteiger partial charge in [0.15, 0.2) is 11.2 Å². The Kier molecular flexibility index (Phi) is 5.26. The normalized spacial score (nSPS) is 15.6. The first-order valence-electron chi connectivity index (χ1n) is 9.68. The van der Waals surface area contributed by atoms with Gasteiger partial charge in [0.1, 0.15) is 5.58 Å². The summed E-state index contributed by atoms with van der Waals surface area (Å²) in [4.78, 5) is 30.0. The number of amides is 1. The number of hydrogen-bond donors (Lipinski definition) is 0. The zero-order chi connectivity index (χ0) is 19.5. The monoisotopic (exact) mass is 376 g/mol. The van der Waals surface area contributed by atoms with Crippen LogP contribution in [0.5, 0.6) is 0 Å². The Labute approximate surface area is 164 Å². The van der Waals surface area contributed by atoms with E-state index in [0.29, 0.717) is 17.5 Å². The van der Waals surface area contributed by atoms with E-state index in [0.717, 1.165) is 31.5 Å². The van der Waals surface area contributed by atoms with E-state index in [1.165, 1.54) is 6.07 Å². The summed E-state index contributed by atoms with van der Waals surface area (Å²) >= 11 is 0. The Hall–Kier alpha value is -2.92. The number of nitrogens with zero attached hydrogens (tertiary/aromatic N) is 2. The van der Waals surface area contributed by atoms with Gasteiger partial charge in [-0.15, -0.1) is 0 Å². The molecule has 0 unspecified atom stereocenters. The molecule has 1 amide bonds. The van der Waals surface area contributed by atoms with Crippen molar-refractivity contribution in [3.8, 4) is 0 Å². The third-order valence-corrected chi connectivity index (χ3v) is 5.43.